The lowest BCUT2D eigenvalue weighted by Crippen LogP contribution is -2.04. The number of H-pyrrole nitrogens is 2. The molecule has 0 aliphatic heterocycles. The molecule has 3 aromatic rings. The Bertz CT molecular complexity index is 890. The fourth-order valence-electron chi connectivity index (χ4n) is 2.18. The van der Waals surface area contributed by atoms with E-state index in [0.29, 0.717) is 21.1 Å². The zero-order chi connectivity index (χ0) is 15.1. The van der Waals surface area contributed by atoms with Crippen molar-refractivity contribution in [2.24, 2.45) is 0 Å². The standard InChI is InChI=1S/C14H9BrClFN2O2/c15-8-5-11-10(18-14(21)19-11)4-7(8)13(20)6-2-1-3-9(16)12(6)17/h1-5,13,20H,(H2,18,19,21). The number of fused-ring (bicyclic) bond motifs is 1. The highest BCUT2D eigenvalue weighted by atomic mass is 79.9. The van der Waals surface area contributed by atoms with E-state index in [2.05, 4.69) is 25.9 Å². The van der Waals surface area contributed by atoms with Crippen LogP contribution in [-0.4, -0.2) is 15.1 Å². The third-order valence-corrected chi connectivity index (χ3v) is 4.18. The van der Waals surface area contributed by atoms with E-state index in [1.54, 1.807) is 18.2 Å². The summed E-state index contributed by atoms with van der Waals surface area (Å²) < 4.78 is 14.6. The summed E-state index contributed by atoms with van der Waals surface area (Å²) in [5.41, 5.74) is 1.27. The maximum absolute atomic E-state index is 14.0. The van der Waals surface area contributed by atoms with Crippen molar-refractivity contribution in [2.45, 2.75) is 6.10 Å². The van der Waals surface area contributed by atoms with Crippen molar-refractivity contribution in [2.75, 3.05) is 0 Å². The van der Waals surface area contributed by atoms with Crippen LogP contribution in [0.2, 0.25) is 5.02 Å². The van der Waals surface area contributed by atoms with Gasteiger partial charge in [0.1, 0.15) is 11.9 Å². The van der Waals surface area contributed by atoms with Crippen LogP contribution in [0, 0.1) is 5.82 Å². The second kappa shape index (κ2) is 5.29. The van der Waals surface area contributed by atoms with E-state index >= 15 is 0 Å². The van der Waals surface area contributed by atoms with Crippen LogP contribution < -0.4 is 5.69 Å². The van der Waals surface area contributed by atoms with E-state index in [4.69, 9.17) is 11.6 Å². The van der Waals surface area contributed by atoms with E-state index < -0.39 is 11.9 Å². The van der Waals surface area contributed by atoms with Gasteiger partial charge >= 0.3 is 5.69 Å². The summed E-state index contributed by atoms with van der Waals surface area (Å²) in [7, 11) is 0. The summed E-state index contributed by atoms with van der Waals surface area (Å²) in [5.74, 6) is -0.666. The summed E-state index contributed by atoms with van der Waals surface area (Å²) >= 11 is 9.05. The molecular formula is C14H9BrClFN2O2. The molecule has 1 heterocycles. The molecule has 21 heavy (non-hydrogen) atoms. The number of hydrogen-bond acceptors (Lipinski definition) is 2. The zero-order valence-corrected chi connectivity index (χ0v) is 12.8. The van der Waals surface area contributed by atoms with Gasteiger partial charge < -0.3 is 15.1 Å². The first-order valence-corrected chi connectivity index (χ1v) is 7.18. The molecule has 1 unspecified atom stereocenters. The molecule has 0 aliphatic rings. The second-order valence-corrected chi connectivity index (χ2v) is 5.81. The number of aliphatic hydroxyl groups is 1. The number of nitrogens with one attached hydrogen (secondary N) is 2. The molecule has 7 heteroatoms. The molecule has 0 spiro atoms. The highest BCUT2D eigenvalue weighted by Gasteiger charge is 2.20. The average molecular weight is 372 g/mol. The summed E-state index contributed by atoms with van der Waals surface area (Å²) in [6.45, 7) is 0. The number of halogens is 3. The number of aromatic amines is 2. The number of hydrogen-bond donors (Lipinski definition) is 3. The average Bonchev–Trinajstić information content (AvgIpc) is 2.79. The van der Waals surface area contributed by atoms with Crippen LogP contribution in [0.1, 0.15) is 17.2 Å². The molecule has 4 nitrogen and oxygen atoms in total. The first-order valence-electron chi connectivity index (χ1n) is 6.01. The number of aliphatic hydroxyl groups excluding tert-OH is 1. The summed E-state index contributed by atoms with van der Waals surface area (Å²) in [6, 6.07) is 7.67. The Morgan fingerprint density at radius 2 is 1.86 bits per heavy atom. The fourth-order valence-corrected chi connectivity index (χ4v) is 2.92. The predicted octanol–water partition coefficient (Wildman–Crippen LogP) is 3.49. The number of imidazole rings is 1. The topological polar surface area (TPSA) is 68.9 Å². The Kier molecular flexibility index (Phi) is 3.61. The molecule has 0 saturated heterocycles. The summed E-state index contributed by atoms with van der Waals surface area (Å²) in [6.07, 6.45) is -1.21. The van der Waals surface area contributed by atoms with Gasteiger partial charge in [0, 0.05) is 15.6 Å². The lowest BCUT2D eigenvalue weighted by molar-refractivity contribution is 0.214. The molecule has 0 radical (unpaired) electrons. The largest absolute Gasteiger partial charge is 0.384 e. The molecular weight excluding hydrogens is 363 g/mol. The molecule has 0 fully saturated rings. The Morgan fingerprint density at radius 3 is 2.57 bits per heavy atom. The molecule has 108 valence electrons. The minimum absolute atomic E-state index is 0.0567. The molecule has 3 N–H and O–H groups in total. The Morgan fingerprint density at radius 1 is 1.19 bits per heavy atom. The smallest absolute Gasteiger partial charge is 0.323 e. The lowest BCUT2D eigenvalue weighted by Gasteiger charge is -2.15. The van der Waals surface area contributed by atoms with Gasteiger partial charge in [0.25, 0.3) is 0 Å². The van der Waals surface area contributed by atoms with E-state index in [0.717, 1.165) is 0 Å². The van der Waals surface area contributed by atoms with Crippen molar-refractivity contribution in [1.29, 1.82) is 0 Å². The van der Waals surface area contributed by atoms with E-state index in [1.165, 1.54) is 12.1 Å². The minimum atomic E-state index is -1.21. The van der Waals surface area contributed by atoms with Crippen LogP contribution in [0.5, 0.6) is 0 Å². The molecule has 0 amide bonds. The molecule has 1 atom stereocenters. The van der Waals surface area contributed by atoms with Crippen molar-refractivity contribution >= 4 is 38.6 Å². The van der Waals surface area contributed by atoms with E-state index in [-0.39, 0.29) is 16.3 Å². The zero-order valence-electron chi connectivity index (χ0n) is 10.5. The number of benzene rings is 2. The van der Waals surface area contributed by atoms with Crippen molar-refractivity contribution in [3.63, 3.8) is 0 Å². The van der Waals surface area contributed by atoms with Gasteiger partial charge in [-0.05, 0) is 18.2 Å². The number of aromatic nitrogens is 2. The molecule has 3 rings (SSSR count). The van der Waals surface area contributed by atoms with Crippen LogP contribution in [0.3, 0.4) is 0 Å². The van der Waals surface area contributed by atoms with Gasteiger partial charge in [-0.25, -0.2) is 9.18 Å². The third-order valence-electron chi connectivity index (χ3n) is 3.20. The van der Waals surface area contributed by atoms with E-state index in [1.807, 2.05) is 0 Å². The van der Waals surface area contributed by atoms with Crippen molar-refractivity contribution < 1.29 is 9.50 Å². The van der Waals surface area contributed by atoms with Gasteiger partial charge in [0.15, 0.2) is 0 Å². The van der Waals surface area contributed by atoms with Crippen molar-refractivity contribution in [3.8, 4) is 0 Å². The predicted molar refractivity (Wildman–Crippen MR) is 82.1 cm³/mol. The second-order valence-electron chi connectivity index (χ2n) is 4.54. The monoisotopic (exact) mass is 370 g/mol. The van der Waals surface area contributed by atoms with Gasteiger partial charge in [-0.2, -0.15) is 0 Å². The fraction of sp³-hybridized carbons (Fsp3) is 0.0714. The highest BCUT2D eigenvalue weighted by molar-refractivity contribution is 9.10. The Labute approximate surface area is 131 Å². The van der Waals surface area contributed by atoms with Crippen LogP contribution >= 0.6 is 27.5 Å². The minimum Gasteiger partial charge on any atom is -0.384 e. The van der Waals surface area contributed by atoms with Gasteiger partial charge in [-0.1, -0.05) is 39.7 Å². The number of rotatable bonds is 2. The SMILES string of the molecule is O=c1[nH]c2cc(Br)c(C(O)c3cccc(Cl)c3F)cc2[nH]1. The van der Waals surface area contributed by atoms with Crippen LogP contribution in [0.15, 0.2) is 39.6 Å². The maximum Gasteiger partial charge on any atom is 0.323 e. The van der Waals surface area contributed by atoms with Gasteiger partial charge in [0.05, 0.1) is 16.1 Å². The molecule has 2 aromatic carbocycles. The summed E-state index contributed by atoms with van der Waals surface area (Å²) in [5, 5.41) is 10.4. The Hall–Kier alpha value is -1.63. The normalized spacial score (nSPS) is 12.8. The Balaban J connectivity index is 2.16. The van der Waals surface area contributed by atoms with Crippen molar-refractivity contribution in [3.05, 3.63) is 67.3 Å². The third kappa shape index (κ3) is 2.50. The highest BCUT2D eigenvalue weighted by Crippen LogP contribution is 2.33. The lowest BCUT2D eigenvalue weighted by atomic mass is 10.0. The van der Waals surface area contributed by atoms with E-state index in [9.17, 15) is 14.3 Å². The van der Waals surface area contributed by atoms with Gasteiger partial charge in [-0.15, -0.1) is 0 Å². The van der Waals surface area contributed by atoms with Crippen molar-refractivity contribution in [1.82, 2.24) is 9.97 Å². The van der Waals surface area contributed by atoms with Crippen LogP contribution in [0.25, 0.3) is 11.0 Å². The van der Waals surface area contributed by atoms with Crippen LogP contribution in [0.4, 0.5) is 4.39 Å². The first kappa shape index (κ1) is 14.3. The molecule has 0 aliphatic carbocycles. The molecule has 1 aromatic heterocycles. The van der Waals surface area contributed by atoms with Gasteiger partial charge in [0.2, 0.25) is 0 Å². The van der Waals surface area contributed by atoms with Gasteiger partial charge in [-0.3, -0.25) is 0 Å². The maximum atomic E-state index is 14.0. The molecule has 0 bridgehead atoms. The quantitative estimate of drug-likeness (QED) is 0.645. The first-order chi connectivity index (χ1) is 9.97. The van der Waals surface area contributed by atoms with Crippen LogP contribution in [-0.2, 0) is 0 Å². The summed E-state index contributed by atoms with van der Waals surface area (Å²) in [4.78, 5) is 16.5. The molecule has 0 saturated carbocycles.